The van der Waals surface area contributed by atoms with Crippen molar-refractivity contribution < 1.29 is 0 Å². The molecule has 0 unspecified atom stereocenters. The Morgan fingerprint density at radius 1 is 0.278 bits per heavy atom. The van der Waals surface area contributed by atoms with Crippen LogP contribution in [0.2, 0.25) is 0 Å². The van der Waals surface area contributed by atoms with Gasteiger partial charge >= 0.3 is 0 Å². The zero-order chi connectivity index (χ0) is 35.3. The smallest absolute Gasteiger partial charge is 0.0434 e. The fraction of sp³-hybridized carbons (Fsp3) is 0. The highest BCUT2D eigenvalue weighted by Gasteiger charge is 2.20. The topological polar surface area (TPSA) is 0 Å². The van der Waals surface area contributed by atoms with Gasteiger partial charge in [0, 0.05) is 45.7 Å². The molecule has 0 aliphatic carbocycles. The molecule has 0 radical (unpaired) electrons. The molecule has 0 amide bonds. The summed E-state index contributed by atoms with van der Waals surface area (Å²) in [7, 11) is 0. The first-order chi connectivity index (χ1) is 26.8. The van der Waals surface area contributed by atoms with E-state index < -0.39 is 0 Å². The van der Waals surface area contributed by atoms with Crippen LogP contribution in [-0.2, 0) is 0 Å². The minimum Gasteiger partial charge on any atom is -0.135 e. The molecular weight excluding hydrogens is 689 g/mol. The normalized spacial score (nSPS) is 12.1. The van der Waals surface area contributed by atoms with Crippen LogP contribution in [0.1, 0.15) is 0 Å². The highest BCUT2D eigenvalue weighted by atomic mass is 32.1. The summed E-state index contributed by atoms with van der Waals surface area (Å²) in [5, 5.41) is 15.7. The molecule has 12 rings (SSSR count). The second kappa shape index (κ2) is 11.6. The molecule has 0 bridgehead atoms. The zero-order valence-electron chi connectivity index (χ0n) is 29.1. The Morgan fingerprint density at radius 2 is 0.815 bits per heavy atom. The van der Waals surface area contributed by atoms with Gasteiger partial charge < -0.3 is 0 Å². The molecule has 2 heterocycles. The zero-order valence-corrected chi connectivity index (χ0v) is 30.8. The van der Waals surface area contributed by atoms with Gasteiger partial charge in [0.05, 0.1) is 0 Å². The van der Waals surface area contributed by atoms with Crippen LogP contribution in [0.5, 0.6) is 0 Å². The minimum absolute atomic E-state index is 1.24. The first-order valence-corrected chi connectivity index (χ1v) is 20.1. The minimum atomic E-state index is 1.24. The average Bonchev–Trinajstić information content (AvgIpc) is 3.81. The molecule has 0 fully saturated rings. The summed E-state index contributed by atoms with van der Waals surface area (Å²) in [6, 6.07) is 67.7. The standard InChI is InChI=1S/C52H30S2/c1-2-12-32(13-3-1)48-37-16-6-8-18-39(37)49(40-19-9-7-17-38(40)48)41-27-26-34(35-14-4-5-15-36(35)41)33-23-22-31-24-25-43-51-47(54-52(43)44(31)30-33)29-28-46-50(51)42-20-10-11-21-45(42)53-46/h1-30H. The van der Waals surface area contributed by atoms with Crippen LogP contribution in [0.4, 0.5) is 0 Å². The van der Waals surface area contributed by atoms with E-state index in [1.54, 1.807) is 0 Å². The summed E-state index contributed by atoms with van der Waals surface area (Å²) in [5.41, 5.74) is 7.60. The van der Waals surface area contributed by atoms with Gasteiger partial charge in [-0.05, 0) is 95.3 Å². The summed E-state index contributed by atoms with van der Waals surface area (Å²) >= 11 is 3.83. The number of thiophene rings is 2. The predicted molar refractivity (Wildman–Crippen MR) is 239 cm³/mol. The Labute approximate surface area is 319 Å². The molecule has 250 valence electrons. The number of hydrogen-bond acceptors (Lipinski definition) is 2. The van der Waals surface area contributed by atoms with E-state index in [1.807, 2.05) is 22.7 Å². The summed E-state index contributed by atoms with van der Waals surface area (Å²) in [6.45, 7) is 0. The van der Waals surface area contributed by atoms with Crippen molar-refractivity contribution in [3.63, 3.8) is 0 Å². The van der Waals surface area contributed by atoms with E-state index >= 15 is 0 Å². The number of benzene rings is 10. The highest BCUT2D eigenvalue weighted by Crippen LogP contribution is 2.49. The molecule has 0 nitrogen and oxygen atoms in total. The highest BCUT2D eigenvalue weighted by molar-refractivity contribution is 7.28. The Kier molecular flexibility index (Phi) is 6.48. The molecule has 12 aromatic rings. The van der Waals surface area contributed by atoms with Crippen LogP contribution in [0, 0.1) is 0 Å². The van der Waals surface area contributed by atoms with Crippen molar-refractivity contribution in [1.29, 1.82) is 0 Å². The average molecular weight is 719 g/mol. The molecule has 0 N–H and O–H groups in total. The molecule has 0 aliphatic rings. The lowest BCUT2D eigenvalue weighted by molar-refractivity contribution is 1.66. The molecule has 0 saturated carbocycles. The largest absolute Gasteiger partial charge is 0.135 e. The van der Waals surface area contributed by atoms with E-state index in [9.17, 15) is 0 Å². The van der Waals surface area contributed by atoms with Crippen LogP contribution in [0.15, 0.2) is 182 Å². The van der Waals surface area contributed by atoms with Crippen molar-refractivity contribution in [2.24, 2.45) is 0 Å². The molecule has 0 saturated heterocycles. The maximum atomic E-state index is 2.44. The maximum absolute atomic E-state index is 2.44. The van der Waals surface area contributed by atoms with Gasteiger partial charge in [-0.3, -0.25) is 0 Å². The molecule has 0 aliphatic heterocycles. The Balaban J connectivity index is 1.10. The van der Waals surface area contributed by atoms with Crippen LogP contribution >= 0.6 is 22.7 Å². The van der Waals surface area contributed by atoms with Gasteiger partial charge in [0.25, 0.3) is 0 Å². The van der Waals surface area contributed by atoms with E-state index in [0.717, 1.165) is 0 Å². The van der Waals surface area contributed by atoms with E-state index in [-0.39, 0.29) is 0 Å². The first-order valence-electron chi connectivity index (χ1n) is 18.5. The van der Waals surface area contributed by atoms with Crippen LogP contribution < -0.4 is 0 Å². The Bertz CT molecular complexity index is 3430. The van der Waals surface area contributed by atoms with Crippen LogP contribution in [-0.4, -0.2) is 0 Å². The van der Waals surface area contributed by atoms with Crippen molar-refractivity contribution in [3.05, 3.63) is 182 Å². The third kappa shape index (κ3) is 4.30. The Morgan fingerprint density at radius 3 is 1.54 bits per heavy atom. The van der Waals surface area contributed by atoms with Crippen molar-refractivity contribution in [1.82, 2.24) is 0 Å². The fourth-order valence-electron chi connectivity index (χ4n) is 9.13. The van der Waals surface area contributed by atoms with Gasteiger partial charge in [0.15, 0.2) is 0 Å². The third-order valence-corrected chi connectivity index (χ3v) is 13.8. The number of hydrogen-bond donors (Lipinski definition) is 0. The van der Waals surface area contributed by atoms with Gasteiger partial charge in [-0.25, -0.2) is 0 Å². The van der Waals surface area contributed by atoms with Crippen LogP contribution in [0.3, 0.4) is 0 Å². The van der Waals surface area contributed by atoms with Crippen molar-refractivity contribution in [2.45, 2.75) is 0 Å². The quantitative estimate of drug-likeness (QED) is 0.160. The second-order valence-corrected chi connectivity index (χ2v) is 16.4. The predicted octanol–water partition coefficient (Wildman–Crippen LogP) is 16.0. The molecule has 2 heteroatoms. The maximum Gasteiger partial charge on any atom is 0.0434 e. The summed E-state index contributed by atoms with van der Waals surface area (Å²) in [5.74, 6) is 0. The van der Waals surface area contributed by atoms with Crippen molar-refractivity contribution in [2.75, 3.05) is 0 Å². The lowest BCUT2D eigenvalue weighted by Crippen LogP contribution is -1.92. The Hall–Kier alpha value is -6.32. The van der Waals surface area contributed by atoms with E-state index in [4.69, 9.17) is 0 Å². The van der Waals surface area contributed by atoms with E-state index in [0.29, 0.717) is 0 Å². The summed E-state index contributed by atoms with van der Waals surface area (Å²) < 4.78 is 5.43. The molecular formula is C52H30S2. The summed E-state index contributed by atoms with van der Waals surface area (Å²) in [6.07, 6.45) is 0. The van der Waals surface area contributed by atoms with Crippen molar-refractivity contribution >= 4 is 106 Å². The fourth-order valence-corrected chi connectivity index (χ4v) is 11.5. The van der Waals surface area contributed by atoms with Crippen LogP contribution in [0.25, 0.3) is 117 Å². The number of rotatable bonds is 3. The number of fused-ring (bicyclic) bond motifs is 12. The van der Waals surface area contributed by atoms with E-state index in [1.165, 1.54) is 117 Å². The van der Waals surface area contributed by atoms with E-state index in [2.05, 4.69) is 182 Å². The molecule has 2 aromatic heterocycles. The van der Waals surface area contributed by atoms with Crippen molar-refractivity contribution in [3.8, 4) is 33.4 Å². The SMILES string of the molecule is c1ccc(-c2c3ccccc3c(-c3ccc(-c4ccc5ccc6c(sc7ccc8sc9ccccc9c8c76)c5c4)c4ccccc34)c3ccccc23)cc1. The van der Waals surface area contributed by atoms with Gasteiger partial charge in [-0.1, -0.05) is 158 Å². The van der Waals surface area contributed by atoms with Gasteiger partial charge in [0.1, 0.15) is 0 Å². The molecule has 54 heavy (non-hydrogen) atoms. The monoisotopic (exact) mass is 718 g/mol. The van der Waals surface area contributed by atoms with Gasteiger partial charge in [0.2, 0.25) is 0 Å². The molecule has 10 aromatic carbocycles. The lowest BCUT2D eigenvalue weighted by atomic mass is 9.84. The molecule has 0 spiro atoms. The summed E-state index contributed by atoms with van der Waals surface area (Å²) in [4.78, 5) is 0. The molecule has 0 atom stereocenters. The van der Waals surface area contributed by atoms with Gasteiger partial charge in [-0.2, -0.15) is 0 Å². The second-order valence-electron chi connectivity index (χ2n) is 14.3. The first kappa shape index (κ1) is 30.2. The third-order valence-electron chi connectivity index (χ3n) is 11.5. The van der Waals surface area contributed by atoms with Gasteiger partial charge in [-0.15, -0.1) is 22.7 Å². The lowest BCUT2D eigenvalue weighted by Gasteiger charge is -2.19.